The van der Waals surface area contributed by atoms with Crippen LogP contribution in [-0.4, -0.2) is 15.9 Å². The first kappa shape index (κ1) is 15.8. The summed E-state index contributed by atoms with van der Waals surface area (Å²) < 4.78 is 0. The molecule has 0 spiro atoms. The molecule has 23 heavy (non-hydrogen) atoms. The summed E-state index contributed by atoms with van der Waals surface area (Å²) in [5, 5.41) is 3.89. The molecule has 0 saturated carbocycles. The third-order valence-electron chi connectivity index (χ3n) is 3.59. The van der Waals surface area contributed by atoms with Crippen molar-refractivity contribution in [3.63, 3.8) is 0 Å². The van der Waals surface area contributed by atoms with Crippen molar-refractivity contribution < 1.29 is 4.79 Å². The molecule has 0 fully saturated rings. The number of carbonyl (C=O) groups is 1. The maximum atomic E-state index is 12.2. The molecule has 3 rings (SSSR count). The standard InChI is InChI=1S/C17H15Cl2N3O/c1-10(17-21-14-7-2-3-8-15(14)22-17)20-16(23)9-11-12(18)5-4-6-13(11)19/h2-8,10H,9H2,1H3,(H,20,23)(H,21,22). The lowest BCUT2D eigenvalue weighted by atomic mass is 10.1. The maximum absolute atomic E-state index is 12.2. The molecule has 0 radical (unpaired) electrons. The number of halogens is 2. The second-order valence-corrected chi connectivity index (χ2v) is 6.12. The topological polar surface area (TPSA) is 57.8 Å². The molecule has 0 saturated heterocycles. The van der Waals surface area contributed by atoms with E-state index < -0.39 is 0 Å². The number of H-pyrrole nitrogens is 1. The summed E-state index contributed by atoms with van der Waals surface area (Å²) in [7, 11) is 0. The second-order valence-electron chi connectivity index (χ2n) is 5.31. The van der Waals surface area contributed by atoms with E-state index in [0.29, 0.717) is 21.4 Å². The Morgan fingerprint density at radius 3 is 2.57 bits per heavy atom. The monoisotopic (exact) mass is 347 g/mol. The summed E-state index contributed by atoms with van der Waals surface area (Å²) >= 11 is 12.2. The number of fused-ring (bicyclic) bond motifs is 1. The number of imidazole rings is 1. The van der Waals surface area contributed by atoms with Gasteiger partial charge in [-0.05, 0) is 36.8 Å². The van der Waals surface area contributed by atoms with Gasteiger partial charge >= 0.3 is 0 Å². The van der Waals surface area contributed by atoms with E-state index in [1.54, 1.807) is 18.2 Å². The molecule has 1 unspecified atom stereocenters. The summed E-state index contributed by atoms with van der Waals surface area (Å²) in [5.74, 6) is 0.553. The van der Waals surface area contributed by atoms with Gasteiger partial charge in [0.2, 0.25) is 5.91 Å². The van der Waals surface area contributed by atoms with Gasteiger partial charge in [0.1, 0.15) is 5.82 Å². The van der Waals surface area contributed by atoms with Gasteiger partial charge in [0, 0.05) is 10.0 Å². The van der Waals surface area contributed by atoms with E-state index in [2.05, 4.69) is 15.3 Å². The van der Waals surface area contributed by atoms with Crippen LogP contribution in [0, 0.1) is 0 Å². The van der Waals surface area contributed by atoms with Crippen LogP contribution in [0.5, 0.6) is 0 Å². The molecule has 0 bridgehead atoms. The molecule has 0 aliphatic rings. The van der Waals surface area contributed by atoms with Gasteiger partial charge in [-0.2, -0.15) is 0 Å². The summed E-state index contributed by atoms with van der Waals surface area (Å²) in [6.45, 7) is 1.88. The number of nitrogens with one attached hydrogen (secondary N) is 2. The van der Waals surface area contributed by atoms with E-state index in [0.717, 1.165) is 11.0 Å². The van der Waals surface area contributed by atoms with Crippen LogP contribution in [0.15, 0.2) is 42.5 Å². The van der Waals surface area contributed by atoms with Gasteiger partial charge in [0.15, 0.2) is 0 Å². The van der Waals surface area contributed by atoms with Crippen molar-refractivity contribution in [1.82, 2.24) is 15.3 Å². The fourth-order valence-corrected chi connectivity index (χ4v) is 2.93. The van der Waals surface area contributed by atoms with Crippen LogP contribution in [0.4, 0.5) is 0 Å². The molecule has 1 heterocycles. The highest BCUT2D eigenvalue weighted by Gasteiger charge is 2.16. The molecular formula is C17H15Cl2N3O. The predicted molar refractivity (Wildman–Crippen MR) is 92.8 cm³/mol. The lowest BCUT2D eigenvalue weighted by Crippen LogP contribution is -2.28. The van der Waals surface area contributed by atoms with Crippen LogP contribution in [0.2, 0.25) is 10.0 Å². The van der Waals surface area contributed by atoms with Crippen molar-refractivity contribution in [1.29, 1.82) is 0 Å². The molecule has 3 aromatic rings. The average Bonchev–Trinajstić information content (AvgIpc) is 2.95. The minimum Gasteiger partial charge on any atom is -0.346 e. The number of para-hydroxylation sites is 2. The zero-order valence-corrected chi connectivity index (χ0v) is 13.9. The molecule has 1 atom stereocenters. The molecule has 6 heteroatoms. The number of benzene rings is 2. The van der Waals surface area contributed by atoms with E-state index in [9.17, 15) is 4.79 Å². The minimum atomic E-state index is -0.240. The number of hydrogen-bond donors (Lipinski definition) is 2. The van der Waals surface area contributed by atoms with Gasteiger partial charge in [0.25, 0.3) is 0 Å². The molecular weight excluding hydrogens is 333 g/mol. The fourth-order valence-electron chi connectivity index (χ4n) is 2.40. The molecule has 0 aliphatic heterocycles. The van der Waals surface area contributed by atoms with Crippen LogP contribution in [0.25, 0.3) is 11.0 Å². The molecule has 4 nitrogen and oxygen atoms in total. The van der Waals surface area contributed by atoms with E-state index in [4.69, 9.17) is 23.2 Å². The van der Waals surface area contributed by atoms with E-state index >= 15 is 0 Å². The van der Waals surface area contributed by atoms with Crippen molar-refractivity contribution >= 4 is 40.1 Å². The second kappa shape index (κ2) is 6.60. The quantitative estimate of drug-likeness (QED) is 0.739. The van der Waals surface area contributed by atoms with Gasteiger partial charge in [-0.25, -0.2) is 4.98 Å². The SMILES string of the molecule is CC(NC(=O)Cc1c(Cl)cccc1Cl)c1nc2ccccc2[nH]1. The van der Waals surface area contributed by atoms with Crippen molar-refractivity contribution in [2.24, 2.45) is 0 Å². The van der Waals surface area contributed by atoms with Gasteiger partial charge < -0.3 is 10.3 Å². The van der Waals surface area contributed by atoms with Crippen LogP contribution in [0.1, 0.15) is 24.4 Å². The van der Waals surface area contributed by atoms with Crippen molar-refractivity contribution in [2.45, 2.75) is 19.4 Å². The highest BCUT2D eigenvalue weighted by Crippen LogP contribution is 2.25. The number of rotatable bonds is 4. The first-order chi connectivity index (χ1) is 11.0. The van der Waals surface area contributed by atoms with E-state index in [1.807, 2.05) is 31.2 Å². The predicted octanol–water partition coefficient (Wildman–Crippen LogP) is 4.29. The Balaban J connectivity index is 1.72. The summed E-state index contributed by atoms with van der Waals surface area (Å²) in [6, 6.07) is 12.7. The summed E-state index contributed by atoms with van der Waals surface area (Å²) in [6.07, 6.45) is 0.128. The summed E-state index contributed by atoms with van der Waals surface area (Å²) in [4.78, 5) is 19.9. The number of aromatic nitrogens is 2. The third kappa shape index (κ3) is 3.49. The van der Waals surface area contributed by atoms with Gasteiger partial charge in [-0.15, -0.1) is 0 Å². The first-order valence-corrected chi connectivity index (χ1v) is 7.97. The van der Waals surface area contributed by atoms with Crippen LogP contribution in [-0.2, 0) is 11.2 Å². The van der Waals surface area contributed by atoms with Crippen LogP contribution >= 0.6 is 23.2 Å². The van der Waals surface area contributed by atoms with E-state index in [1.165, 1.54) is 0 Å². The number of aromatic amines is 1. The number of carbonyl (C=O) groups excluding carboxylic acids is 1. The molecule has 0 aliphatic carbocycles. The number of hydrogen-bond acceptors (Lipinski definition) is 2. The first-order valence-electron chi connectivity index (χ1n) is 7.21. The highest BCUT2D eigenvalue weighted by molar-refractivity contribution is 6.36. The normalized spacial score (nSPS) is 12.3. The highest BCUT2D eigenvalue weighted by atomic mass is 35.5. The zero-order valence-electron chi connectivity index (χ0n) is 12.4. The van der Waals surface area contributed by atoms with Crippen molar-refractivity contribution in [3.05, 3.63) is 63.9 Å². The Kier molecular flexibility index (Phi) is 4.55. The van der Waals surface area contributed by atoms with Crippen LogP contribution in [0.3, 0.4) is 0 Å². The molecule has 1 aromatic heterocycles. The van der Waals surface area contributed by atoms with Crippen LogP contribution < -0.4 is 5.32 Å². The fraction of sp³-hybridized carbons (Fsp3) is 0.176. The molecule has 1 amide bonds. The third-order valence-corrected chi connectivity index (χ3v) is 4.30. The molecule has 118 valence electrons. The van der Waals surface area contributed by atoms with E-state index in [-0.39, 0.29) is 18.4 Å². The lowest BCUT2D eigenvalue weighted by Gasteiger charge is -2.12. The number of nitrogens with zero attached hydrogens (tertiary/aromatic N) is 1. The van der Waals surface area contributed by atoms with Crippen molar-refractivity contribution in [3.8, 4) is 0 Å². The van der Waals surface area contributed by atoms with Crippen molar-refractivity contribution in [2.75, 3.05) is 0 Å². The van der Waals surface area contributed by atoms with Gasteiger partial charge in [-0.3, -0.25) is 4.79 Å². The smallest absolute Gasteiger partial charge is 0.225 e. The van der Waals surface area contributed by atoms with Gasteiger partial charge in [0.05, 0.1) is 23.5 Å². The average molecular weight is 348 g/mol. The Hall–Kier alpha value is -2.04. The lowest BCUT2D eigenvalue weighted by molar-refractivity contribution is -0.121. The Bertz CT molecular complexity index is 807. The molecule has 2 aromatic carbocycles. The Morgan fingerprint density at radius 1 is 1.17 bits per heavy atom. The zero-order chi connectivity index (χ0) is 16.4. The van der Waals surface area contributed by atoms with Gasteiger partial charge in [-0.1, -0.05) is 41.4 Å². The maximum Gasteiger partial charge on any atom is 0.225 e. The Labute approximate surface area is 143 Å². The minimum absolute atomic E-state index is 0.128. The summed E-state index contributed by atoms with van der Waals surface area (Å²) in [5.41, 5.74) is 2.45. The largest absolute Gasteiger partial charge is 0.346 e. The Morgan fingerprint density at radius 2 is 1.87 bits per heavy atom. The number of amides is 1. The molecule has 2 N–H and O–H groups in total.